The summed E-state index contributed by atoms with van der Waals surface area (Å²) in [6.45, 7) is 8.11. The van der Waals surface area contributed by atoms with Gasteiger partial charge in [-0.2, -0.15) is 13.2 Å². The number of aryl methyl sites for hydroxylation is 1. The van der Waals surface area contributed by atoms with Gasteiger partial charge in [-0.05, 0) is 42.7 Å². The van der Waals surface area contributed by atoms with Crippen LogP contribution in [0.15, 0.2) is 71.7 Å². The number of hydrogen-bond donors (Lipinski definition) is 0. The topological polar surface area (TPSA) is 40.6 Å². The fourth-order valence-corrected chi connectivity index (χ4v) is 5.41. The molecule has 5 rings (SSSR count). The van der Waals surface area contributed by atoms with Crippen molar-refractivity contribution in [2.24, 2.45) is 0 Å². The van der Waals surface area contributed by atoms with Crippen LogP contribution >= 0.6 is 0 Å². The van der Waals surface area contributed by atoms with Crippen LogP contribution in [0.2, 0.25) is 0 Å². The third-order valence-corrected chi connectivity index (χ3v) is 6.94. The van der Waals surface area contributed by atoms with Crippen molar-refractivity contribution in [3.8, 4) is 0 Å². The van der Waals surface area contributed by atoms with Crippen LogP contribution in [0.25, 0.3) is 5.57 Å². The summed E-state index contributed by atoms with van der Waals surface area (Å²) in [7, 11) is 1.60. The lowest BCUT2D eigenvalue weighted by Gasteiger charge is -2.43. The summed E-state index contributed by atoms with van der Waals surface area (Å²) in [6.07, 6.45) is -4.21. The number of allylic oxidation sites excluding steroid dienone is 2. The van der Waals surface area contributed by atoms with E-state index in [0.29, 0.717) is 52.3 Å². The van der Waals surface area contributed by atoms with E-state index in [1.165, 1.54) is 4.90 Å². The molecule has 1 unspecified atom stereocenters. The monoisotopic (exact) mass is 464 g/mol. The molecule has 1 atom stereocenters. The lowest BCUT2D eigenvalue weighted by molar-refractivity contribution is -0.137. The summed E-state index contributed by atoms with van der Waals surface area (Å²) in [4.78, 5) is 30.5. The van der Waals surface area contributed by atoms with Crippen molar-refractivity contribution in [1.82, 2.24) is 9.80 Å². The minimum absolute atomic E-state index is 0.236. The molecule has 0 radical (unpaired) electrons. The van der Waals surface area contributed by atoms with Gasteiger partial charge >= 0.3 is 6.18 Å². The molecule has 0 spiro atoms. The molecule has 2 aliphatic carbocycles. The standard InChI is InChI=1S/C27H23F3N2O2/c1-5-32-15(3)31(4)26(34)24-21(32)13-20-18-8-6-7-9-19(18)25(33)23(20)22(24)16-10-14(2)11-17(12-16)27(28,29)30/h6-12,22H,3,5,13H2,1-2,4H3. The average molecular weight is 464 g/mol. The van der Waals surface area contributed by atoms with E-state index in [9.17, 15) is 22.8 Å². The number of amides is 1. The first kappa shape index (κ1) is 22.2. The Labute approximate surface area is 195 Å². The zero-order valence-corrected chi connectivity index (χ0v) is 19.1. The SMILES string of the molecule is C=C1N(C)C(=O)C2=C(CC3=C(C(=O)c4ccccc43)C2c2cc(C)cc(C(F)(F)F)c2)N1CC. The number of hydrogen-bond acceptors (Lipinski definition) is 3. The minimum atomic E-state index is -4.55. The minimum Gasteiger partial charge on any atom is -0.331 e. The third-order valence-electron chi connectivity index (χ3n) is 6.94. The molecule has 0 fully saturated rings. The molecule has 2 aromatic rings. The highest BCUT2D eigenvalue weighted by atomic mass is 19.4. The third kappa shape index (κ3) is 3.06. The van der Waals surface area contributed by atoms with Crippen molar-refractivity contribution in [1.29, 1.82) is 0 Å². The Morgan fingerprint density at radius 2 is 1.74 bits per heavy atom. The molecular weight excluding hydrogens is 441 g/mol. The van der Waals surface area contributed by atoms with Crippen molar-refractivity contribution in [3.63, 3.8) is 0 Å². The van der Waals surface area contributed by atoms with Gasteiger partial charge in [0, 0.05) is 48.3 Å². The molecule has 0 bridgehead atoms. The second-order valence-corrected chi connectivity index (χ2v) is 8.89. The number of fused-ring (bicyclic) bond motifs is 2. The lowest BCUT2D eigenvalue weighted by Crippen LogP contribution is -2.45. The number of Topliss-reactive ketones (excluding diaryl/α,β-unsaturated/α-hetero) is 1. The van der Waals surface area contributed by atoms with Gasteiger partial charge in [-0.3, -0.25) is 14.5 Å². The van der Waals surface area contributed by atoms with Crippen LogP contribution in [0, 0.1) is 6.92 Å². The van der Waals surface area contributed by atoms with Crippen molar-refractivity contribution in [2.45, 2.75) is 32.4 Å². The first-order chi connectivity index (χ1) is 16.0. The Hall–Kier alpha value is -3.61. The summed E-state index contributed by atoms with van der Waals surface area (Å²) < 4.78 is 41.2. The second-order valence-electron chi connectivity index (χ2n) is 8.89. The van der Waals surface area contributed by atoms with Gasteiger partial charge in [0.25, 0.3) is 5.91 Å². The number of alkyl halides is 3. The highest BCUT2D eigenvalue weighted by molar-refractivity contribution is 6.23. The number of ketones is 1. The highest BCUT2D eigenvalue weighted by Gasteiger charge is 2.47. The molecular formula is C27H23F3N2O2. The van der Waals surface area contributed by atoms with Crippen LogP contribution in [0.5, 0.6) is 0 Å². The first-order valence-electron chi connectivity index (χ1n) is 11.1. The van der Waals surface area contributed by atoms with Crippen LogP contribution in [-0.2, 0) is 11.0 Å². The van der Waals surface area contributed by atoms with E-state index in [1.807, 2.05) is 24.0 Å². The molecule has 1 aliphatic heterocycles. The van der Waals surface area contributed by atoms with E-state index in [2.05, 4.69) is 6.58 Å². The van der Waals surface area contributed by atoms with Gasteiger partial charge in [0.1, 0.15) is 5.82 Å². The molecule has 7 heteroatoms. The lowest BCUT2D eigenvalue weighted by atomic mass is 9.74. The zero-order valence-electron chi connectivity index (χ0n) is 19.1. The van der Waals surface area contributed by atoms with E-state index < -0.39 is 17.7 Å². The normalized spacial score (nSPS) is 20.2. The van der Waals surface area contributed by atoms with Crippen molar-refractivity contribution < 1.29 is 22.8 Å². The number of nitrogens with zero attached hydrogens (tertiary/aromatic N) is 2. The number of carbonyl (C=O) groups excluding carboxylic acids is 2. The van der Waals surface area contributed by atoms with Gasteiger partial charge in [0.2, 0.25) is 0 Å². The van der Waals surface area contributed by atoms with Crippen molar-refractivity contribution >= 4 is 17.3 Å². The molecule has 1 amide bonds. The number of benzene rings is 2. The van der Waals surface area contributed by atoms with Crippen LogP contribution in [-0.4, -0.2) is 35.1 Å². The Bertz CT molecular complexity index is 1350. The molecule has 174 valence electrons. The van der Waals surface area contributed by atoms with Crippen LogP contribution < -0.4 is 0 Å². The van der Waals surface area contributed by atoms with E-state index in [-0.39, 0.29) is 11.7 Å². The summed E-state index contributed by atoms with van der Waals surface area (Å²) in [5.74, 6) is -0.983. The molecule has 0 saturated heterocycles. The Morgan fingerprint density at radius 1 is 1.06 bits per heavy atom. The number of likely N-dealkylation sites (N-methyl/N-ethyl adjacent to an activating group) is 1. The molecule has 0 aromatic heterocycles. The molecule has 4 nitrogen and oxygen atoms in total. The average Bonchev–Trinajstić information content (AvgIpc) is 3.08. The van der Waals surface area contributed by atoms with Crippen molar-refractivity contribution in [3.05, 3.63) is 99.5 Å². The van der Waals surface area contributed by atoms with E-state index in [1.54, 1.807) is 32.2 Å². The maximum Gasteiger partial charge on any atom is 0.416 e. The molecule has 34 heavy (non-hydrogen) atoms. The fourth-order valence-electron chi connectivity index (χ4n) is 5.41. The van der Waals surface area contributed by atoms with Gasteiger partial charge in [0.05, 0.1) is 5.56 Å². The van der Waals surface area contributed by atoms with Crippen LogP contribution in [0.4, 0.5) is 13.2 Å². The van der Waals surface area contributed by atoms with E-state index in [0.717, 1.165) is 23.3 Å². The van der Waals surface area contributed by atoms with Gasteiger partial charge in [-0.15, -0.1) is 0 Å². The Balaban J connectivity index is 1.82. The molecule has 1 heterocycles. The van der Waals surface area contributed by atoms with Gasteiger partial charge in [0.15, 0.2) is 5.78 Å². The molecule has 2 aromatic carbocycles. The van der Waals surface area contributed by atoms with Gasteiger partial charge < -0.3 is 4.90 Å². The van der Waals surface area contributed by atoms with E-state index >= 15 is 0 Å². The number of halogens is 3. The molecule has 0 N–H and O–H groups in total. The fraction of sp³-hybridized carbons (Fsp3) is 0.259. The number of rotatable bonds is 2. The summed E-state index contributed by atoms with van der Waals surface area (Å²) >= 11 is 0. The first-order valence-corrected chi connectivity index (χ1v) is 11.1. The van der Waals surface area contributed by atoms with Gasteiger partial charge in [-0.1, -0.05) is 42.5 Å². The number of carbonyl (C=O) groups is 2. The van der Waals surface area contributed by atoms with Crippen LogP contribution in [0.3, 0.4) is 0 Å². The summed E-state index contributed by atoms with van der Waals surface area (Å²) in [6, 6.07) is 11.0. The zero-order chi connectivity index (χ0) is 24.5. The van der Waals surface area contributed by atoms with Crippen LogP contribution in [0.1, 0.15) is 51.9 Å². The quantitative estimate of drug-likeness (QED) is 0.575. The summed E-state index contributed by atoms with van der Waals surface area (Å²) in [5, 5.41) is 0. The Morgan fingerprint density at radius 3 is 2.38 bits per heavy atom. The van der Waals surface area contributed by atoms with Gasteiger partial charge in [-0.25, -0.2) is 0 Å². The predicted molar refractivity (Wildman–Crippen MR) is 123 cm³/mol. The largest absolute Gasteiger partial charge is 0.416 e. The van der Waals surface area contributed by atoms with Crippen molar-refractivity contribution in [2.75, 3.05) is 13.6 Å². The second kappa shape index (κ2) is 7.45. The maximum absolute atomic E-state index is 13.7. The Kier molecular flexibility index (Phi) is 4.86. The van der Waals surface area contributed by atoms with E-state index in [4.69, 9.17) is 0 Å². The summed E-state index contributed by atoms with van der Waals surface area (Å²) in [5.41, 5.74) is 3.39. The smallest absolute Gasteiger partial charge is 0.331 e. The molecule has 0 saturated carbocycles. The molecule has 3 aliphatic rings. The predicted octanol–water partition coefficient (Wildman–Crippen LogP) is 5.67. The maximum atomic E-state index is 13.7. The highest BCUT2D eigenvalue weighted by Crippen LogP contribution is 2.53.